The van der Waals surface area contributed by atoms with Crippen molar-refractivity contribution < 1.29 is 91.5 Å². The summed E-state index contributed by atoms with van der Waals surface area (Å²) in [5, 5.41) is 14.6. The number of carbonyl (C=O) groups is 4. The quantitative estimate of drug-likeness (QED) is 0.0329. The number of hydrogen-bond acceptors (Lipinski definition) is 27. The van der Waals surface area contributed by atoms with Crippen molar-refractivity contribution in [2.24, 2.45) is 66.6 Å². The highest BCUT2D eigenvalue weighted by Crippen LogP contribution is 2.52. The molecule has 0 bridgehead atoms. The van der Waals surface area contributed by atoms with Crippen LogP contribution in [-0.2, 0) is 41.1 Å². The van der Waals surface area contributed by atoms with E-state index in [9.17, 15) is 63.1 Å². The number of rotatable bonds is 16. The van der Waals surface area contributed by atoms with Gasteiger partial charge in [0.05, 0.1) is 62.2 Å². The fourth-order valence-corrected chi connectivity index (χ4v) is 20.1. The number of benzene rings is 3. The molecule has 43 heteroatoms. The van der Waals surface area contributed by atoms with Crippen LogP contribution in [0.4, 0.5) is 72.3 Å². The number of amidine groups is 4. The minimum absolute atomic E-state index is 0.0131. The van der Waals surface area contributed by atoms with E-state index in [1.165, 1.54) is 96.6 Å². The Balaban J connectivity index is 0.000000141. The smallest absolute Gasteiger partial charge is 0.414 e. The summed E-state index contributed by atoms with van der Waals surface area (Å²) >= 11 is 13.0. The van der Waals surface area contributed by atoms with Crippen molar-refractivity contribution in [2.75, 3.05) is 83.9 Å². The van der Waals surface area contributed by atoms with Crippen molar-refractivity contribution >= 4 is 143 Å². The van der Waals surface area contributed by atoms with Crippen LogP contribution in [0.25, 0.3) is 4.85 Å². The van der Waals surface area contributed by atoms with Gasteiger partial charge in [-0.05, 0) is 136 Å². The summed E-state index contributed by atoms with van der Waals surface area (Å²) < 4.78 is 164. The molecule has 10 atom stereocenters. The van der Waals surface area contributed by atoms with Crippen molar-refractivity contribution in [2.45, 2.75) is 86.4 Å². The zero-order chi connectivity index (χ0) is 86.8. The highest BCUT2D eigenvalue weighted by molar-refractivity contribution is 8.14. The van der Waals surface area contributed by atoms with Gasteiger partial charge in [-0.1, -0.05) is 64.7 Å². The number of pyridine rings is 4. The second-order valence-corrected chi connectivity index (χ2v) is 34.1. The maximum absolute atomic E-state index is 15.0. The number of thioether (sulfide) groups is 4. The molecular formula is C79H74ClF10N17O10S5. The summed E-state index contributed by atoms with van der Waals surface area (Å²) in [6.45, 7) is 4.61. The second kappa shape index (κ2) is 38.6. The maximum atomic E-state index is 15.0. The molecule has 122 heavy (non-hydrogen) atoms. The van der Waals surface area contributed by atoms with Crippen molar-refractivity contribution in [1.29, 1.82) is 0 Å². The van der Waals surface area contributed by atoms with Gasteiger partial charge in [-0.15, -0.1) is 11.3 Å². The van der Waals surface area contributed by atoms with Crippen molar-refractivity contribution in [3.05, 3.63) is 218 Å². The molecule has 0 spiro atoms. The fourth-order valence-electron chi connectivity index (χ4n) is 14.9. The van der Waals surface area contributed by atoms with Gasteiger partial charge in [0.2, 0.25) is 5.69 Å². The van der Waals surface area contributed by atoms with Crippen LogP contribution < -0.4 is 53.7 Å². The average molecular weight is 1810 g/mol. The minimum Gasteiger partial charge on any atom is -0.433 e. The van der Waals surface area contributed by atoms with E-state index in [0.29, 0.717) is 79.3 Å². The summed E-state index contributed by atoms with van der Waals surface area (Å²) in [6.07, 6.45) is 0.225. The van der Waals surface area contributed by atoms with Gasteiger partial charge in [-0.25, -0.2) is 52.9 Å². The van der Waals surface area contributed by atoms with E-state index in [4.69, 9.17) is 65.0 Å². The topological polar surface area (TPSA) is 381 Å². The molecule has 8 aromatic rings. The number of halogens is 11. The van der Waals surface area contributed by atoms with E-state index in [2.05, 4.69) is 70.5 Å². The standard InChI is InChI=1S/C21H18F6N4O3S.C20H20ClFN4O2S.C20H19F3N4O3S.C18H17N5O2S2/c22-14-3-1-11(30-17(32)15-4-2-12(7-29-15)34-18(23)24)6-13(14)20-9-33-16(21(25,26)27)5-10(20)8-35-19(28)31-20;1-11-6-12-9-29-19(23)26-20(12,10-28-11)15-7-14(3-4-16(15)22)25-18(27)17-5-2-13(21)8-24-17;21-15-3-1-12(26-17(28)16-4-2-13(8-25-16)30-18(22)23)7-14(15)20-10-29-6-5-11(20)9-31-19(24)27-20;1-20-12-2-3-14(21-7-12)16(24)22-13-6-15(26-9-13)18-10-25-5-4-11(18)8-27-17(19)23-18/h1-4,6-7,10,16,18H,5,8-9H2,(H2,28,31)(H,30,32);2-5,7-8,11-12H,6,9-10H2,1H3,(H2,23,26)(H,25,27);1-4,7-8,11,18H,5-6,9-10H2,(H2,24,27)(H,26,28);2-3,6-7,9,11H,4-5,8,10H2,(H2,19,23)(H,22,24)/t10-,16+,20-;11-,12-,20-;11-,20-;11-,18-/m0000/s1. The lowest BCUT2D eigenvalue weighted by molar-refractivity contribution is -0.245. The molecule has 0 unspecified atom stereocenters. The number of anilines is 4. The van der Waals surface area contributed by atoms with E-state index in [-0.39, 0.29) is 93.5 Å². The number of thiophene rings is 1. The molecule has 5 aromatic heterocycles. The predicted molar refractivity (Wildman–Crippen MR) is 445 cm³/mol. The van der Waals surface area contributed by atoms with Crippen LogP contribution in [0.15, 0.2) is 159 Å². The number of fused-ring (bicyclic) bond motifs is 4. The van der Waals surface area contributed by atoms with Gasteiger partial charge in [-0.3, -0.25) is 24.2 Å². The molecule has 0 radical (unpaired) electrons. The van der Waals surface area contributed by atoms with Crippen molar-refractivity contribution in [1.82, 2.24) is 19.9 Å². The zero-order valence-electron chi connectivity index (χ0n) is 63.9. The lowest BCUT2D eigenvalue weighted by atomic mass is 9.74. The van der Waals surface area contributed by atoms with Crippen LogP contribution in [0.3, 0.4) is 0 Å². The number of hydrogen-bond donors (Lipinski definition) is 8. The van der Waals surface area contributed by atoms with E-state index < -0.39 is 102 Å². The number of aromatic nitrogens is 4. The second-order valence-electron chi connectivity index (χ2n) is 28.6. The van der Waals surface area contributed by atoms with Crippen LogP contribution in [0, 0.1) is 47.7 Å². The first-order valence-electron chi connectivity index (χ1n) is 37.2. The Morgan fingerprint density at radius 1 is 0.508 bits per heavy atom. The van der Waals surface area contributed by atoms with Gasteiger partial charge in [0.1, 0.15) is 73.9 Å². The summed E-state index contributed by atoms with van der Waals surface area (Å²) in [6, 6.07) is 25.1. The Bertz CT molecular complexity index is 5350. The Morgan fingerprint density at radius 3 is 1.32 bits per heavy atom. The minimum atomic E-state index is -4.58. The van der Waals surface area contributed by atoms with Crippen LogP contribution in [0.5, 0.6) is 11.5 Å². The normalized spacial score (nSPS) is 24.6. The Labute approximate surface area is 715 Å². The molecule has 16 rings (SSSR count). The molecule has 4 fully saturated rings. The number of nitrogens with one attached hydrogen (secondary N) is 4. The van der Waals surface area contributed by atoms with Gasteiger partial charge in [0.15, 0.2) is 26.8 Å². The summed E-state index contributed by atoms with van der Waals surface area (Å²) in [5.74, 6) is -1.77. The predicted octanol–water partition coefficient (Wildman–Crippen LogP) is 14.7. The van der Waals surface area contributed by atoms with Crippen LogP contribution >= 0.6 is 70.0 Å². The molecule has 4 saturated heterocycles. The van der Waals surface area contributed by atoms with Gasteiger partial charge in [-0.2, -0.15) is 30.7 Å². The SMILES string of the molecule is C[C@H]1C[C@H]2CSC(N)=N[C@@]2(c2cc(NC(=O)c3ccc(Cl)cn3)ccc2F)CO1.NC1=N[C@@]2(c3cc(NC(=O)c4ccc(OC(F)F)cn4)ccc3F)COCC[C@H]2CS1.NC1=N[C@@]2(c3cc(NC(=O)c4ccc(OC(F)F)cn4)ccc3F)CO[C@@H](C(F)(F)F)C[C@H]2CS1.[C-]#[N+]c1ccc(C(=O)Nc2csc([C@]34COCC[C@H]3CSC(N)=N4)c2)nc1. The van der Waals surface area contributed by atoms with Crippen LogP contribution in [0.2, 0.25) is 5.02 Å². The number of carbonyl (C=O) groups excluding carboxylic acids is 4. The monoisotopic (exact) mass is 1810 g/mol. The first kappa shape index (κ1) is 89.4. The molecule has 0 aliphatic carbocycles. The van der Waals surface area contributed by atoms with E-state index in [0.717, 1.165) is 84.6 Å². The zero-order valence-corrected chi connectivity index (χ0v) is 68.8. The molecule has 0 saturated carbocycles. The largest absolute Gasteiger partial charge is 0.433 e. The molecule has 4 amide bonds. The molecule has 8 aliphatic heterocycles. The van der Waals surface area contributed by atoms with Gasteiger partial charge in [0, 0.05) is 116 Å². The van der Waals surface area contributed by atoms with Crippen LogP contribution in [0.1, 0.15) is 96.1 Å². The Morgan fingerprint density at radius 2 is 0.902 bits per heavy atom. The third-order valence-electron chi connectivity index (χ3n) is 20.9. The number of ether oxygens (including phenoxy) is 6. The average Bonchev–Trinajstić information content (AvgIpc) is 1.03. The van der Waals surface area contributed by atoms with Gasteiger partial charge < -0.3 is 72.6 Å². The highest BCUT2D eigenvalue weighted by Gasteiger charge is 2.56. The van der Waals surface area contributed by atoms with E-state index in [1.54, 1.807) is 47.4 Å². The van der Waals surface area contributed by atoms with Crippen molar-refractivity contribution in [3.63, 3.8) is 0 Å². The summed E-state index contributed by atoms with van der Waals surface area (Å²) in [7, 11) is 0. The molecular weight excluding hydrogens is 1730 g/mol. The van der Waals surface area contributed by atoms with E-state index >= 15 is 0 Å². The molecule has 27 nitrogen and oxygen atoms in total. The molecule has 13 heterocycles. The third-order valence-corrected chi connectivity index (χ3v) is 26.1. The van der Waals surface area contributed by atoms with E-state index in [1.807, 2.05) is 18.4 Å². The number of alkyl halides is 7. The van der Waals surface area contributed by atoms with Gasteiger partial charge in [0.25, 0.3) is 23.6 Å². The maximum Gasteiger partial charge on any atom is 0.414 e. The Kier molecular flexibility index (Phi) is 28.3. The molecule has 12 N–H and O–H groups in total. The first-order valence-corrected chi connectivity index (χ1v) is 42.4. The number of nitrogens with zero attached hydrogens (tertiary/aromatic N) is 9. The fraction of sp³-hybridized carbons (Fsp3) is 0.354. The summed E-state index contributed by atoms with van der Waals surface area (Å²) in [5.41, 5.74) is 22.9. The summed E-state index contributed by atoms with van der Waals surface area (Å²) in [4.78, 5) is 88.2. The third kappa shape index (κ3) is 20.8. The van der Waals surface area contributed by atoms with Gasteiger partial charge >= 0.3 is 19.4 Å². The number of amides is 4. The van der Waals surface area contributed by atoms with Crippen LogP contribution in [-0.4, -0.2) is 158 Å². The Hall–Kier alpha value is -10.4. The lowest BCUT2D eigenvalue weighted by Crippen LogP contribution is -2.53. The lowest BCUT2D eigenvalue weighted by Gasteiger charge is -2.46. The van der Waals surface area contributed by atoms with Crippen molar-refractivity contribution in [3.8, 4) is 11.5 Å². The molecule has 3 aromatic carbocycles. The highest BCUT2D eigenvalue weighted by atomic mass is 35.5. The molecule has 8 aliphatic rings. The molecule has 642 valence electrons. The number of aliphatic imine (C=N–C) groups is 4. The first-order chi connectivity index (χ1) is 58.3. The number of nitrogens with two attached hydrogens (primary N) is 4.